The molecular formula is C27H28N4O4S. The molecule has 9 heteroatoms. The minimum atomic E-state index is -0.531. The number of rotatable bonds is 7. The molecule has 0 unspecified atom stereocenters. The highest BCUT2D eigenvalue weighted by atomic mass is 32.2. The number of para-hydroxylation sites is 1. The standard InChI is InChI=1S/C27H28N4O4S/c1-27(2)13-18-22(19(32)14-27)23(17-11-8-12-21(34-3)24(17)35-4)31-25(28-18)29-26(30-31)36-15-20(33)16-9-6-5-7-10-16/h5-12,23H,13-15H2,1-4H3,(H,28,29,30)/t23-/m1/s1. The van der Waals surface area contributed by atoms with E-state index in [1.54, 1.807) is 31.0 Å². The number of carbonyl (C=O) groups excluding carboxylic acids is 2. The number of Topliss-reactive ketones (excluding diaryl/α,β-unsaturated/α-hetero) is 2. The van der Waals surface area contributed by atoms with Crippen molar-refractivity contribution in [2.45, 2.75) is 37.9 Å². The van der Waals surface area contributed by atoms with E-state index in [9.17, 15) is 9.59 Å². The summed E-state index contributed by atoms with van der Waals surface area (Å²) < 4.78 is 13.0. The molecule has 0 spiro atoms. The number of anilines is 1. The number of hydrogen-bond donors (Lipinski definition) is 1. The third-order valence-electron chi connectivity index (χ3n) is 6.47. The number of ketones is 2. The van der Waals surface area contributed by atoms with Gasteiger partial charge in [0.15, 0.2) is 23.1 Å². The maximum atomic E-state index is 13.5. The Morgan fingerprint density at radius 3 is 2.61 bits per heavy atom. The molecule has 1 atom stereocenters. The summed E-state index contributed by atoms with van der Waals surface area (Å²) in [5.41, 5.74) is 2.75. The van der Waals surface area contributed by atoms with Crippen LogP contribution in [-0.2, 0) is 4.79 Å². The van der Waals surface area contributed by atoms with E-state index in [4.69, 9.17) is 14.6 Å². The number of nitrogens with zero attached hydrogens (tertiary/aromatic N) is 3. The second-order valence-electron chi connectivity index (χ2n) is 9.68. The van der Waals surface area contributed by atoms with Crippen LogP contribution in [0.4, 0.5) is 5.95 Å². The first-order chi connectivity index (χ1) is 17.3. The molecule has 8 nitrogen and oxygen atoms in total. The van der Waals surface area contributed by atoms with Gasteiger partial charge in [-0.3, -0.25) is 9.59 Å². The fraction of sp³-hybridized carbons (Fsp3) is 0.333. The number of thioether (sulfide) groups is 1. The number of ether oxygens (including phenoxy) is 2. The first-order valence-corrected chi connectivity index (χ1v) is 12.7. The van der Waals surface area contributed by atoms with Crippen LogP contribution in [0.15, 0.2) is 65.0 Å². The smallest absolute Gasteiger partial charge is 0.227 e. The van der Waals surface area contributed by atoms with Gasteiger partial charge in [-0.2, -0.15) is 4.98 Å². The maximum absolute atomic E-state index is 13.5. The summed E-state index contributed by atoms with van der Waals surface area (Å²) in [7, 11) is 3.17. The molecule has 3 aromatic rings. The summed E-state index contributed by atoms with van der Waals surface area (Å²) in [4.78, 5) is 30.8. The molecule has 0 radical (unpaired) electrons. The topological polar surface area (TPSA) is 95.3 Å². The van der Waals surface area contributed by atoms with Crippen molar-refractivity contribution in [3.8, 4) is 11.5 Å². The van der Waals surface area contributed by atoms with Crippen LogP contribution in [0.25, 0.3) is 0 Å². The summed E-state index contributed by atoms with van der Waals surface area (Å²) in [5.74, 6) is 1.93. The molecule has 5 rings (SSSR count). The Labute approximate surface area is 214 Å². The molecule has 186 valence electrons. The molecule has 2 aromatic carbocycles. The normalized spacial score (nSPS) is 18.2. The van der Waals surface area contributed by atoms with Crippen LogP contribution < -0.4 is 14.8 Å². The lowest BCUT2D eigenvalue weighted by Gasteiger charge is -2.38. The molecule has 0 fully saturated rings. The summed E-state index contributed by atoms with van der Waals surface area (Å²) in [6.45, 7) is 4.18. The highest BCUT2D eigenvalue weighted by Gasteiger charge is 2.43. The van der Waals surface area contributed by atoms with Gasteiger partial charge in [-0.25, -0.2) is 4.68 Å². The van der Waals surface area contributed by atoms with Crippen molar-refractivity contribution < 1.29 is 19.1 Å². The minimum Gasteiger partial charge on any atom is -0.493 e. The summed E-state index contributed by atoms with van der Waals surface area (Å²) in [6, 6.07) is 14.3. The lowest BCUT2D eigenvalue weighted by Crippen LogP contribution is -2.36. The quantitative estimate of drug-likeness (QED) is 0.358. The number of nitrogens with one attached hydrogen (secondary N) is 1. The van der Waals surface area contributed by atoms with Gasteiger partial charge < -0.3 is 14.8 Å². The SMILES string of the molecule is COc1cccc([C@@H]2C3=C(CC(C)(C)CC3=O)Nc3nc(SCC(=O)c4ccccc4)nn32)c1OC. The molecule has 2 aliphatic rings. The largest absolute Gasteiger partial charge is 0.493 e. The molecule has 1 aromatic heterocycles. The minimum absolute atomic E-state index is 0.00157. The van der Waals surface area contributed by atoms with Crippen LogP contribution in [0.5, 0.6) is 11.5 Å². The fourth-order valence-corrected chi connectivity index (χ4v) is 5.63. The van der Waals surface area contributed by atoms with Crippen molar-refractivity contribution >= 4 is 29.3 Å². The number of hydrogen-bond acceptors (Lipinski definition) is 8. The van der Waals surface area contributed by atoms with E-state index in [1.807, 2.05) is 36.4 Å². The third kappa shape index (κ3) is 4.39. The average Bonchev–Trinajstić information content (AvgIpc) is 3.27. The van der Waals surface area contributed by atoms with Gasteiger partial charge in [-0.05, 0) is 17.9 Å². The molecule has 0 bridgehead atoms. The van der Waals surface area contributed by atoms with Crippen molar-refractivity contribution in [1.82, 2.24) is 14.8 Å². The maximum Gasteiger partial charge on any atom is 0.227 e. The van der Waals surface area contributed by atoms with E-state index in [-0.39, 0.29) is 22.7 Å². The van der Waals surface area contributed by atoms with Crippen molar-refractivity contribution in [3.63, 3.8) is 0 Å². The van der Waals surface area contributed by atoms with E-state index in [1.165, 1.54) is 11.8 Å². The Morgan fingerprint density at radius 2 is 1.89 bits per heavy atom. The van der Waals surface area contributed by atoms with Crippen molar-refractivity contribution in [2.24, 2.45) is 5.41 Å². The predicted molar refractivity (Wildman–Crippen MR) is 138 cm³/mol. The molecule has 0 saturated heterocycles. The van der Waals surface area contributed by atoms with Crippen LogP contribution in [0.3, 0.4) is 0 Å². The Kier molecular flexibility index (Phi) is 6.34. The third-order valence-corrected chi connectivity index (χ3v) is 7.31. The van der Waals surface area contributed by atoms with E-state index in [0.29, 0.717) is 46.6 Å². The van der Waals surface area contributed by atoms with Gasteiger partial charge >= 0.3 is 0 Å². The molecule has 0 amide bonds. The second-order valence-corrected chi connectivity index (χ2v) is 10.6. The number of fused-ring (bicyclic) bond motifs is 1. The number of allylic oxidation sites excluding steroid dienone is 2. The lowest BCUT2D eigenvalue weighted by molar-refractivity contribution is -0.118. The van der Waals surface area contributed by atoms with Crippen molar-refractivity contribution in [1.29, 1.82) is 0 Å². The Hall–Kier alpha value is -3.59. The van der Waals surface area contributed by atoms with Crippen LogP contribution in [0.1, 0.15) is 48.7 Å². The van der Waals surface area contributed by atoms with Crippen LogP contribution in [0.2, 0.25) is 0 Å². The zero-order valence-electron chi connectivity index (χ0n) is 20.7. The van der Waals surface area contributed by atoms with Crippen LogP contribution in [0, 0.1) is 5.41 Å². The predicted octanol–water partition coefficient (Wildman–Crippen LogP) is 4.93. The molecule has 36 heavy (non-hydrogen) atoms. The van der Waals surface area contributed by atoms with Crippen molar-refractivity contribution in [2.75, 3.05) is 25.3 Å². The average molecular weight is 505 g/mol. The van der Waals surface area contributed by atoms with Gasteiger partial charge in [0.2, 0.25) is 11.1 Å². The Morgan fingerprint density at radius 1 is 1.11 bits per heavy atom. The second kappa shape index (κ2) is 9.46. The van der Waals surface area contributed by atoms with Gasteiger partial charge in [0, 0.05) is 28.8 Å². The fourth-order valence-electron chi connectivity index (χ4n) is 4.90. The van der Waals surface area contributed by atoms with Crippen LogP contribution in [-0.4, -0.2) is 46.3 Å². The summed E-state index contributed by atoms with van der Waals surface area (Å²) in [5, 5.41) is 8.56. The van der Waals surface area contributed by atoms with Crippen molar-refractivity contribution in [3.05, 3.63) is 70.9 Å². The zero-order valence-corrected chi connectivity index (χ0v) is 21.5. The lowest BCUT2D eigenvalue weighted by atomic mass is 9.73. The molecule has 2 heterocycles. The molecule has 1 aliphatic heterocycles. The summed E-state index contributed by atoms with van der Waals surface area (Å²) in [6.07, 6.45) is 1.15. The van der Waals surface area contributed by atoms with Gasteiger partial charge in [-0.15, -0.1) is 5.10 Å². The molecule has 1 aliphatic carbocycles. The van der Waals surface area contributed by atoms with Gasteiger partial charge in [0.05, 0.1) is 20.0 Å². The number of methoxy groups -OCH3 is 2. The monoisotopic (exact) mass is 504 g/mol. The van der Waals surface area contributed by atoms with Gasteiger partial charge in [0.25, 0.3) is 0 Å². The summed E-state index contributed by atoms with van der Waals surface area (Å²) >= 11 is 1.27. The molecule has 0 saturated carbocycles. The number of benzene rings is 2. The highest BCUT2D eigenvalue weighted by molar-refractivity contribution is 7.99. The number of aromatic nitrogens is 3. The zero-order chi connectivity index (χ0) is 25.4. The molecule has 1 N–H and O–H groups in total. The van der Waals surface area contributed by atoms with E-state index in [0.717, 1.165) is 11.3 Å². The van der Waals surface area contributed by atoms with Crippen LogP contribution >= 0.6 is 11.8 Å². The Bertz CT molecular complexity index is 1360. The van der Waals surface area contributed by atoms with Gasteiger partial charge in [0.1, 0.15) is 6.04 Å². The molecular weight excluding hydrogens is 476 g/mol. The van der Waals surface area contributed by atoms with E-state index >= 15 is 0 Å². The van der Waals surface area contributed by atoms with E-state index < -0.39 is 6.04 Å². The Balaban J connectivity index is 1.55. The number of carbonyl (C=O) groups is 2. The first kappa shape index (κ1) is 24.1. The highest BCUT2D eigenvalue weighted by Crippen LogP contribution is 2.48. The van der Waals surface area contributed by atoms with Gasteiger partial charge in [-0.1, -0.05) is 68.1 Å². The first-order valence-electron chi connectivity index (χ1n) is 11.7. The van der Waals surface area contributed by atoms with E-state index in [2.05, 4.69) is 24.1 Å².